The summed E-state index contributed by atoms with van der Waals surface area (Å²) < 4.78 is 5.52. The Balaban J connectivity index is 2.77. The normalized spacial score (nSPS) is 11.2. The summed E-state index contributed by atoms with van der Waals surface area (Å²) in [6, 6.07) is 6.81. The minimum Gasteiger partial charge on any atom is -0.508 e. The second-order valence-corrected chi connectivity index (χ2v) is 3.71. The number of phenolic OH excluding ortho intramolecular Hbond substituents is 1. The Labute approximate surface area is 72.8 Å². The van der Waals surface area contributed by atoms with Gasteiger partial charge in [0.2, 0.25) is 0 Å². The number of benzene rings is 1. The van der Waals surface area contributed by atoms with Crippen LogP contribution in [0.25, 0.3) is 0 Å². The predicted molar refractivity (Wildman–Crippen MR) is 48.5 cm³/mol. The third-order valence-corrected chi connectivity index (χ3v) is 1.24. The molecular formula is C10H14O2. The highest BCUT2D eigenvalue weighted by molar-refractivity contribution is 5.32. The molecular weight excluding hydrogens is 152 g/mol. The van der Waals surface area contributed by atoms with Crippen molar-refractivity contribution in [3.05, 3.63) is 24.3 Å². The summed E-state index contributed by atoms with van der Waals surface area (Å²) in [5.41, 5.74) is -0.214. The first-order valence-corrected chi connectivity index (χ1v) is 3.95. The number of hydrogen-bond donors (Lipinski definition) is 1. The summed E-state index contributed by atoms with van der Waals surface area (Å²) in [6.45, 7) is 5.91. The lowest BCUT2D eigenvalue weighted by Gasteiger charge is -2.21. The van der Waals surface area contributed by atoms with Gasteiger partial charge in [-0.2, -0.15) is 0 Å². The molecule has 2 nitrogen and oxygen atoms in total. The van der Waals surface area contributed by atoms with Crippen LogP contribution in [0.15, 0.2) is 24.3 Å². The van der Waals surface area contributed by atoms with Crippen LogP contribution in [0.1, 0.15) is 20.8 Å². The maximum atomic E-state index is 9.13. The Hall–Kier alpha value is -1.18. The highest BCUT2D eigenvalue weighted by Gasteiger charge is 2.11. The molecule has 0 radical (unpaired) electrons. The minimum atomic E-state index is -0.214. The standard InChI is InChI=1S/C10H14O2/c1-10(2,3)12-9-6-4-5-8(11)7-9/h4-7,11H,1-3H3. The molecule has 0 aliphatic rings. The number of phenols is 1. The van der Waals surface area contributed by atoms with Gasteiger partial charge in [0.1, 0.15) is 17.1 Å². The molecule has 2 heteroatoms. The smallest absolute Gasteiger partial charge is 0.123 e. The first-order valence-electron chi connectivity index (χ1n) is 3.95. The molecule has 0 unspecified atom stereocenters. The van der Waals surface area contributed by atoms with Gasteiger partial charge in [-0.05, 0) is 32.9 Å². The van der Waals surface area contributed by atoms with Crippen molar-refractivity contribution in [2.75, 3.05) is 0 Å². The van der Waals surface area contributed by atoms with E-state index in [9.17, 15) is 0 Å². The molecule has 0 spiro atoms. The van der Waals surface area contributed by atoms with Gasteiger partial charge in [0.25, 0.3) is 0 Å². The van der Waals surface area contributed by atoms with Gasteiger partial charge in [-0.15, -0.1) is 0 Å². The van der Waals surface area contributed by atoms with E-state index in [0.717, 1.165) is 0 Å². The van der Waals surface area contributed by atoms with Crippen LogP contribution in [-0.4, -0.2) is 10.7 Å². The van der Waals surface area contributed by atoms with Gasteiger partial charge in [-0.3, -0.25) is 0 Å². The largest absolute Gasteiger partial charge is 0.508 e. The van der Waals surface area contributed by atoms with Crippen LogP contribution in [0, 0.1) is 0 Å². The molecule has 0 saturated carbocycles. The minimum absolute atomic E-state index is 0.214. The van der Waals surface area contributed by atoms with Gasteiger partial charge in [-0.1, -0.05) is 6.07 Å². The molecule has 0 bridgehead atoms. The monoisotopic (exact) mass is 166 g/mol. The van der Waals surface area contributed by atoms with E-state index >= 15 is 0 Å². The maximum absolute atomic E-state index is 9.13. The third-order valence-electron chi connectivity index (χ3n) is 1.24. The quantitative estimate of drug-likeness (QED) is 0.694. The lowest BCUT2D eigenvalue weighted by molar-refractivity contribution is 0.130. The molecule has 1 aromatic carbocycles. The number of rotatable bonds is 1. The van der Waals surface area contributed by atoms with Crippen molar-refractivity contribution in [1.82, 2.24) is 0 Å². The molecule has 0 amide bonds. The Morgan fingerprint density at radius 3 is 2.42 bits per heavy atom. The molecule has 66 valence electrons. The average Bonchev–Trinajstić information content (AvgIpc) is 1.82. The topological polar surface area (TPSA) is 29.5 Å². The number of aromatic hydroxyl groups is 1. The van der Waals surface area contributed by atoms with Crippen LogP contribution in [0.2, 0.25) is 0 Å². The van der Waals surface area contributed by atoms with Crippen molar-refractivity contribution in [2.45, 2.75) is 26.4 Å². The highest BCUT2D eigenvalue weighted by Crippen LogP contribution is 2.21. The van der Waals surface area contributed by atoms with Crippen molar-refractivity contribution in [3.8, 4) is 11.5 Å². The summed E-state index contributed by atoms with van der Waals surface area (Å²) in [4.78, 5) is 0. The Bertz CT molecular complexity index is 261. The lowest BCUT2D eigenvalue weighted by atomic mass is 10.2. The fourth-order valence-corrected chi connectivity index (χ4v) is 0.901. The molecule has 0 saturated heterocycles. The molecule has 1 N–H and O–H groups in total. The van der Waals surface area contributed by atoms with Crippen LogP contribution in [0.5, 0.6) is 11.5 Å². The summed E-state index contributed by atoms with van der Waals surface area (Å²) in [6.07, 6.45) is 0. The third kappa shape index (κ3) is 2.82. The van der Waals surface area contributed by atoms with Crippen molar-refractivity contribution in [3.63, 3.8) is 0 Å². The molecule has 0 aliphatic carbocycles. The van der Waals surface area contributed by atoms with Gasteiger partial charge in [0.05, 0.1) is 0 Å². The van der Waals surface area contributed by atoms with E-state index in [-0.39, 0.29) is 11.4 Å². The summed E-state index contributed by atoms with van der Waals surface area (Å²) in [5.74, 6) is 0.930. The van der Waals surface area contributed by atoms with Crippen LogP contribution in [0.4, 0.5) is 0 Å². The Morgan fingerprint density at radius 2 is 1.92 bits per heavy atom. The first-order chi connectivity index (χ1) is 5.47. The molecule has 0 aliphatic heterocycles. The van der Waals surface area contributed by atoms with Crippen LogP contribution in [0.3, 0.4) is 0 Å². The molecule has 0 atom stereocenters. The van der Waals surface area contributed by atoms with Crippen molar-refractivity contribution < 1.29 is 9.84 Å². The number of hydrogen-bond acceptors (Lipinski definition) is 2. The SMILES string of the molecule is CC(C)(C)Oc1cccc(O)c1. The van der Waals surface area contributed by atoms with E-state index in [0.29, 0.717) is 5.75 Å². The van der Waals surface area contributed by atoms with E-state index in [1.54, 1.807) is 18.2 Å². The van der Waals surface area contributed by atoms with Gasteiger partial charge >= 0.3 is 0 Å². The Kier molecular flexibility index (Phi) is 2.27. The summed E-state index contributed by atoms with van der Waals surface area (Å²) in [7, 11) is 0. The van der Waals surface area contributed by atoms with Gasteiger partial charge < -0.3 is 9.84 Å². The van der Waals surface area contributed by atoms with Crippen molar-refractivity contribution in [1.29, 1.82) is 0 Å². The molecule has 1 rings (SSSR count). The van der Waals surface area contributed by atoms with Crippen LogP contribution < -0.4 is 4.74 Å². The second-order valence-electron chi connectivity index (χ2n) is 3.71. The lowest BCUT2D eigenvalue weighted by Crippen LogP contribution is -2.22. The molecule has 0 fully saturated rings. The van der Waals surface area contributed by atoms with E-state index in [4.69, 9.17) is 9.84 Å². The summed E-state index contributed by atoms with van der Waals surface area (Å²) in [5, 5.41) is 9.13. The average molecular weight is 166 g/mol. The Morgan fingerprint density at radius 1 is 1.25 bits per heavy atom. The zero-order chi connectivity index (χ0) is 9.19. The molecule has 1 aromatic rings. The van der Waals surface area contributed by atoms with Gasteiger partial charge in [-0.25, -0.2) is 0 Å². The van der Waals surface area contributed by atoms with Crippen molar-refractivity contribution in [2.24, 2.45) is 0 Å². The maximum Gasteiger partial charge on any atom is 0.123 e. The molecule has 0 aromatic heterocycles. The van der Waals surface area contributed by atoms with E-state index in [2.05, 4.69) is 0 Å². The highest BCUT2D eigenvalue weighted by atomic mass is 16.5. The van der Waals surface area contributed by atoms with Crippen LogP contribution >= 0.6 is 0 Å². The first kappa shape index (κ1) is 8.91. The summed E-state index contributed by atoms with van der Waals surface area (Å²) >= 11 is 0. The van der Waals surface area contributed by atoms with Crippen LogP contribution in [-0.2, 0) is 0 Å². The second kappa shape index (κ2) is 3.05. The van der Waals surface area contributed by atoms with E-state index in [1.807, 2.05) is 26.8 Å². The fraction of sp³-hybridized carbons (Fsp3) is 0.400. The zero-order valence-electron chi connectivity index (χ0n) is 7.66. The zero-order valence-corrected chi connectivity index (χ0v) is 7.66. The van der Waals surface area contributed by atoms with E-state index < -0.39 is 0 Å². The molecule has 0 heterocycles. The molecule has 12 heavy (non-hydrogen) atoms. The number of ether oxygens (including phenoxy) is 1. The predicted octanol–water partition coefficient (Wildman–Crippen LogP) is 2.57. The van der Waals surface area contributed by atoms with E-state index in [1.165, 1.54) is 0 Å². The fourth-order valence-electron chi connectivity index (χ4n) is 0.901. The van der Waals surface area contributed by atoms with Gasteiger partial charge in [0.15, 0.2) is 0 Å². The van der Waals surface area contributed by atoms with Crippen molar-refractivity contribution >= 4 is 0 Å². The van der Waals surface area contributed by atoms with Gasteiger partial charge in [0, 0.05) is 6.07 Å².